The normalized spacial score (nSPS) is 13.0. The van der Waals surface area contributed by atoms with E-state index in [1.807, 2.05) is 0 Å². The van der Waals surface area contributed by atoms with Crippen LogP contribution in [0.15, 0.2) is 22.7 Å². The van der Waals surface area contributed by atoms with Gasteiger partial charge in [0.15, 0.2) is 0 Å². The molecule has 0 spiro atoms. The Labute approximate surface area is 78.9 Å². The summed E-state index contributed by atoms with van der Waals surface area (Å²) in [5.74, 6) is -0.309. The predicted molar refractivity (Wildman–Crippen MR) is 50.1 cm³/mol. The third kappa shape index (κ3) is 1.83. The first-order valence-corrected chi connectivity index (χ1v) is 4.35. The molecule has 1 aromatic rings. The minimum Gasteiger partial charge on any atom is -0.329 e. The van der Waals surface area contributed by atoms with E-state index in [4.69, 9.17) is 11.5 Å². The van der Waals surface area contributed by atoms with Gasteiger partial charge in [0, 0.05) is 12.6 Å². The van der Waals surface area contributed by atoms with Gasteiger partial charge < -0.3 is 11.5 Å². The van der Waals surface area contributed by atoms with Crippen LogP contribution in [-0.2, 0) is 0 Å². The van der Waals surface area contributed by atoms with E-state index in [0.29, 0.717) is 16.6 Å². The first-order valence-electron chi connectivity index (χ1n) is 3.56. The second-order valence-electron chi connectivity index (χ2n) is 2.49. The van der Waals surface area contributed by atoms with Crippen molar-refractivity contribution in [2.45, 2.75) is 6.04 Å². The SMILES string of the molecule is NC[C@H](N)c1cccc(F)c1Br. The van der Waals surface area contributed by atoms with Crippen LogP contribution in [0, 0.1) is 5.82 Å². The number of rotatable bonds is 2. The summed E-state index contributed by atoms with van der Waals surface area (Å²) in [6.45, 7) is 0.308. The van der Waals surface area contributed by atoms with Crippen LogP contribution in [-0.4, -0.2) is 6.54 Å². The molecule has 66 valence electrons. The maximum atomic E-state index is 12.9. The van der Waals surface area contributed by atoms with E-state index in [9.17, 15) is 4.39 Å². The molecular weight excluding hydrogens is 223 g/mol. The van der Waals surface area contributed by atoms with Gasteiger partial charge in [0.25, 0.3) is 0 Å². The second-order valence-corrected chi connectivity index (χ2v) is 3.28. The van der Waals surface area contributed by atoms with Crippen molar-refractivity contribution in [3.63, 3.8) is 0 Å². The van der Waals surface area contributed by atoms with Gasteiger partial charge in [-0.1, -0.05) is 12.1 Å². The number of benzene rings is 1. The lowest BCUT2D eigenvalue weighted by atomic mass is 10.1. The minimum atomic E-state index is -0.310. The second kappa shape index (κ2) is 3.98. The Morgan fingerprint density at radius 3 is 2.75 bits per heavy atom. The van der Waals surface area contributed by atoms with Gasteiger partial charge in [0.05, 0.1) is 4.47 Å². The minimum absolute atomic E-state index is 0.308. The molecule has 0 saturated heterocycles. The van der Waals surface area contributed by atoms with Gasteiger partial charge in [-0.3, -0.25) is 0 Å². The molecule has 0 saturated carbocycles. The van der Waals surface area contributed by atoms with E-state index in [0.717, 1.165) is 0 Å². The van der Waals surface area contributed by atoms with Gasteiger partial charge in [-0.05, 0) is 27.6 Å². The Bertz CT molecular complexity index is 278. The maximum Gasteiger partial charge on any atom is 0.137 e. The highest BCUT2D eigenvalue weighted by molar-refractivity contribution is 9.10. The molecule has 0 aliphatic carbocycles. The zero-order valence-electron chi connectivity index (χ0n) is 6.43. The Balaban J connectivity index is 3.07. The van der Waals surface area contributed by atoms with Crippen LogP contribution in [0.2, 0.25) is 0 Å². The van der Waals surface area contributed by atoms with Crippen LogP contribution >= 0.6 is 15.9 Å². The number of halogens is 2. The molecular formula is C8H10BrFN2. The molecule has 0 aromatic heterocycles. The van der Waals surface area contributed by atoms with Crippen LogP contribution in [0.5, 0.6) is 0 Å². The summed E-state index contributed by atoms with van der Waals surface area (Å²) < 4.78 is 13.3. The van der Waals surface area contributed by atoms with Crippen LogP contribution in [0.4, 0.5) is 4.39 Å². The summed E-state index contributed by atoms with van der Waals surface area (Å²) in [5.41, 5.74) is 11.7. The zero-order valence-corrected chi connectivity index (χ0v) is 8.01. The molecule has 0 aliphatic rings. The fourth-order valence-electron chi connectivity index (χ4n) is 0.934. The molecule has 0 bridgehead atoms. The molecule has 0 unspecified atom stereocenters. The van der Waals surface area contributed by atoms with Crippen LogP contribution in [0.3, 0.4) is 0 Å². The summed E-state index contributed by atoms with van der Waals surface area (Å²) in [6.07, 6.45) is 0. The van der Waals surface area contributed by atoms with Crippen molar-refractivity contribution >= 4 is 15.9 Å². The van der Waals surface area contributed by atoms with E-state index >= 15 is 0 Å². The highest BCUT2D eigenvalue weighted by Gasteiger charge is 2.10. The topological polar surface area (TPSA) is 52.0 Å². The molecule has 1 rings (SSSR count). The summed E-state index contributed by atoms with van der Waals surface area (Å²) in [4.78, 5) is 0. The van der Waals surface area contributed by atoms with Crippen LogP contribution in [0.1, 0.15) is 11.6 Å². The molecule has 4 heteroatoms. The summed E-state index contributed by atoms with van der Waals surface area (Å²) >= 11 is 3.11. The first kappa shape index (κ1) is 9.64. The van der Waals surface area contributed by atoms with Gasteiger partial charge in [-0.15, -0.1) is 0 Å². The zero-order chi connectivity index (χ0) is 9.14. The highest BCUT2D eigenvalue weighted by Crippen LogP contribution is 2.24. The molecule has 0 radical (unpaired) electrons. The van der Waals surface area contributed by atoms with E-state index in [1.165, 1.54) is 6.07 Å². The first-order chi connectivity index (χ1) is 5.66. The van der Waals surface area contributed by atoms with Gasteiger partial charge >= 0.3 is 0 Å². The van der Waals surface area contributed by atoms with Crippen molar-refractivity contribution in [3.8, 4) is 0 Å². The average molecular weight is 233 g/mol. The lowest BCUT2D eigenvalue weighted by molar-refractivity contribution is 0.611. The third-order valence-electron chi connectivity index (χ3n) is 1.63. The van der Waals surface area contributed by atoms with Gasteiger partial charge in [-0.25, -0.2) is 4.39 Å². The van der Waals surface area contributed by atoms with Gasteiger partial charge in [0.1, 0.15) is 5.82 Å². The van der Waals surface area contributed by atoms with E-state index in [-0.39, 0.29) is 11.9 Å². The number of hydrogen-bond donors (Lipinski definition) is 2. The molecule has 1 aromatic carbocycles. The quantitative estimate of drug-likeness (QED) is 0.814. The van der Waals surface area contributed by atoms with Crippen LogP contribution in [0.25, 0.3) is 0 Å². The summed E-state index contributed by atoms with van der Waals surface area (Å²) in [7, 11) is 0. The van der Waals surface area contributed by atoms with Crippen LogP contribution < -0.4 is 11.5 Å². The molecule has 1 atom stereocenters. The molecule has 0 fully saturated rings. The molecule has 0 aliphatic heterocycles. The standard InChI is InChI=1S/C8H10BrFN2/c9-8-5(7(12)4-11)2-1-3-6(8)10/h1-3,7H,4,11-12H2/t7-/m0/s1. The van der Waals surface area contributed by atoms with Crippen molar-refractivity contribution in [1.29, 1.82) is 0 Å². The van der Waals surface area contributed by atoms with Crippen molar-refractivity contribution in [2.75, 3.05) is 6.54 Å². The highest BCUT2D eigenvalue weighted by atomic mass is 79.9. The van der Waals surface area contributed by atoms with Gasteiger partial charge in [0.2, 0.25) is 0 Å². The van der Waals surface area contributed by atoms with Crippen molar-refractivity contribution in [3.05, 3.63) is 34.1 Å². The largest absolute Gasteiger partial charge is 0.329 e. The lowest BCUT2D eigenvalue weighted by Gasteiger charge is -2.11. The fourth-order valence-corrected chi connectivity index (χ4v) is 1.49. The molecule has 2 nitrogen and oxygen atoms in total. The Morgan fingerprint density at radius 1 is 1.50 bits per heavy atom. The summed E-state index contributed by atoms with van der Waals surface area (Å²) in [6, 6.07) is 4.43. The molecule has 12 heavy (non-hydrogen) atoms. The predicted octanol–water partition coefficient (Wildman–Crippen LogP) is 1.55. The van der Waals surface area contributed by atoms with Crippen molar-refractivity contribution in [2.24, 2.45) is 11.5 Å². The maximum absolute atomic E-state index is 12.9. The Hall–Kier alpha value is -0.450. The lowest BCUT2D eigenvalue weighted by Crippen LogP contribution is -2.21. The fraction of sp³-hybridized carbons (Fsp3) is 0.250. The van der Waals surface area contributed by atoms with Crippen molar-refractivity contribution < 1.29 is 4.39 Å². The van der Waals surface area contributed by atoms with E-state index in [1.54, 1.807) is 12.1 Å². The third-order valence-corrected chi connectivity index (χ3v) is 2.47. The molecule has 0 amide bonds. The summed E-state index contributed by atoms with van der Waals surface area (Å²) in [5, 5.41) is 0. The molecule has 4 N–H and O–H groups in total. The molecule has 0 heterocycles. The van der Waals surface area contributed by atoms with Crippen molar-refractivity contribution in [1.82, 2.24) is 0 Å². The van der Waals surface area contributed by atoms with E-state index < -0.39 is 0 Å². The number of hydrogen-bond acceptors (Lipinski definition) is 2. The monoisotopic (exact) mass is 232 g/mol. The van der Waals surface area contributed by atoms with Gasteiger partial charge in [-0.2, -0.15) is 0 Å². The average Bonchev–Trinajstić information content (AvgIpc) is 2.08. The smallest absolute Gasteiger partial charge is 0.137 e. The number of nitrogens with two attached hydrogens (primary N) is 2. The van der Waals surface area contributed by atoms with E-state index in [2.05, 4.69) is 15.9 Å². The Kier molecular flexibility index (Phi) is 3.20. The Morgan fingerprint density at radius 2 is 2.17 bits per heavy atom.